The van der Waals surface area contributed by atoms with Gasteiger partial charge in [-0.15, -0.1) is 0 Å². The van der Waals surface area contributed by atoms with Gasteiger partial charge in [0.05, 0.1) is 11.8 Å². The molecule has 1 saturated heterocycles. The highest BCUT2D eigenvalue weighted by molar-refractivity contribution is 9.08. The van der Waals surface area contributed by atoms with Crippen molar-refractivity contribution in [3.05, 3.63) is 11.3 Å². The van der Waals surface area contributed by atoms with Gasteiger partial charge in [-0.2, -0.15) is 5.10 Å². The second kappa shape index (κ2) is 4.75. The third kappa shape index (κ3) is 1.98. The molecule has 1 fully saturated rings. The zero-order valence-corrected chi connectivity index (χ0v) is 11.6. The Bertz CT molecular complexity index is 378. The van der Waals surface area contributed by atoms with E-state index in [1.807, 2.05) is 11.7 Å². The lowest BCUT2D eigenvalue weighted by Gasteiger charge is -2.19. The minimum Gasteiger partial charge on any atom is -0.380 e. The molecule has 4 nitrogen and oxygen atoms in total. The lowest BCUT2D eigenvalue weighted by atomic mass is 10.2. The van der Waals surface area contributed by atoms with E-state index >= 15 is 0 Å². The fourth-order valence-electron chi connectivity index (χ4n) is 2.35. The summed E-state index contributed by atoms with van der Waals surface area (Å²) in [4.78, 5) is 2.37. The molecular weight excluding hydrogens is 270 g/mol. The number of rotatable bonds is 3. The lowest BCUT2D eigenvalue weighted by molar-refractivity contribution is 0.121. The Balaban J connectivity index is 2.27. The molecule has 0 amide bonds. The Morgan fingerprint density at radius 3 is 2.88 bits per heavy atom. The van der Waals surface area contributed by atoms with Crippen LogP contribution >= 0.6 is 15.9 Å². The predicted molar refractivity (Wildman–Crippen MR) is 68.2 cm³/mol. The van der Waals surface area contributed by atoms with E-state index in [4.69, 9.17) is 4.74 Å². The molecule has 0 aromatic carbocycles. The second-order valence-electron chi connectivity index (χ2n) is 4.24. The van der Waals surface area contributed by atoms with Crippen LogP contribution in [0.4, 0.5) is 5.82 Å². The van der Waals surface area contributed by atoms with Gasteiger partial charge in [-0.25, -0.2) is 0 Å². The van der Waals surface area contributed by atoms with Gasteiger partial charge in [-0.05, 0) is 13.3 Å². The van der Waals surface area contributed by atoms with E-state index in [0.29, 0.717) is 6.10 Å². The van der Waals surface area contributed by atoms with E-state index in [0.717, 1.165) is 30.5 Å². The second-order valence-corrected chi connectivity index (χ2v) is 4.80. The minimum atomic E-state index is 0.360. The third-order valence-electron chi connectivity index (χ3n) is 3.22. The molecule has 1 aromatic rings. The van der Waals surface area contributed by atoms with Crippen LogP contribution in [0.25, 0.3) is 0 Å². The average Bonchev–Trinajstić information content (AvgIpc) is 2.82. The number of aryl methyl sites for hydroxylation is 2. The lowest BCUT2D eigenvalue weighted by Crippen LogP contribution is -2.25. The van der Waals surface area contributed by atoms with Crippen LogP contribution in [0.15, 0.2) is 0 Å². The molecule has 1 aliphatic rings. The van der Waals surface area contributed by atoms with Crippen LogP contribution in [0.5, 0.6) is 0 Å². The summed E-state index contributed by atoms with van der Waals surface area (Å²) in [6, 6.07) is 0. The molecule has 0 saturated carbocycles. The number of methoxy groups -OCH3 is 1. The first-order chi connectivity index (χ1) is 7.67. The maximum Gasteiger partial charge on any atom is 0.130 e. The van der Waals surface area contributed by atoms with Crippen LogP contribution in [0.3, 0.4) is 0 Å². The smallest absolute Gasteiger partial charge is 0.130 e. The van der Waals surface area contributed by atoms with Crippen molar-refractivity contribution in [1.82, 2.24) is 9.78 Å². The van der Waals surface area contributed by atoms with E-state index in [-0.39, 0.29) is 0 Å². The topological polar surface area (TPSA) is 30.3 Å². The first kappa shape index (κ1) is 11.9. The summed E-state index contributed by atoms with van der Waals surface area (Å²) < 4.78 is 7.38. The van der Waals surface area contributed by atoms with E-state index in [1.54, 1.807) is 7.11 Å². The zero-order chi connectivity index (χ0) is 11.7. The highest BCUT2D eigenvalue weighted by Gasteiger charge is 2.27. The Kier molecular flexibility index (Phi) is 3.54. The summed E-state index contributed by atoms with van der Waals surface area (Å²) in [6.45, 7) is 4.08. The van der Waals surface area contributed by atoms with Crippen LogP contribution in [0, 0.1) is 6.92 Å². The molecule has 16 heavy (non-hydrogen) atoms. The summed E-state index contributed by atoms with van der Waals surface area (Å²) in [7, 11) is 3.79. The molecule has 0 radical (unpaired) electrons. The first-order valence-corrected chi connectivity index (χ1v) is 6.65. The average molecular weight is 288 g/mol. The Hall–Kier alpha value is -0.550. The Labute approximate surface area is 105 Å². The van der Waals surface area contributed by atoms with Crippen molar-refractivity contribution in [1.29, 1.82) is 0 Å². The van der Waals surface area contributed by atoms with Gasteiger partial charge in [0, 0.05) is 38.1 Å². The summed E-state index contributed by atoms with van der Waals surface area (Å²) in [6.07, 6.45) is 1.46. The van der Waals surface area contributed by atoms with E-state index < -0.39 is 0 Å². The van der Waals surface area contributed by atoms with Gasteiger partial charge < -0.3 is 9.64 Å². The molecule has 0 N–H and O–H groups in total. The van der Waals surface area contributed by atoms with Crippen molar-refractivity contribution in [2.45, 2.75) is 24.8 Å². The molecule has 0 spiro atoms. The first-order valence-electron chi connectivity index (χ1n) is 5.53. The van der Waals surface area contributed by atoms with Gasteiger partial charge in [-0.3, -0.25) is 4.68 Å². The quantitative estimate of drug-likeness (QED) is 0.795. The van der Waals surface area contributed by atoms with Crippen molar-refractivity contribution in [2.24, 2.45) is 7.05 Å². The fraction of sp³-hybridized carbons (Fsp3) is 0.727. The maximum absolute atomic E-state index is 5.40. The van der Waals surface area contributed by atoms with E-state index in [9.17, 15) is 0 Å². The number of anilines is 1. The van der Waals surface area contributed by atoms with Crippen LogP contribution < -0.4 is 4.90 Å². The molecule has 1 aliphatic heterocycles. The SMILES string of the molecule is COC1CCN(c2c(CBr)c(C)nn2C)C1. The van der Waals surface area contributed by atoms with E-state index in [1.165, 1.54) is 11.4 Å². The number of nitrogens with zero attached hydrogens (tertiary/aromatic N) is 3. The van der Waals surface area contributed by atoms with Crippen LogP contribution in [-0.4, -0.2) is 36.1 Å². The maximum atomic E-state index is 5.40. The number of hydrogen-bond acceptors (Lipinski definition) is 3. The number of alkyl halides is 1. The summed E-state index contributed by atoms with van der Waals surface area (Å²) in [5, 5.41) is 5.34. The molecule has 1 atom stereocenters. The Morgan fingerprint density at radius 2 is 2.31 bits per heavy atom. The zero-order valence-electron chi connectivity index (χ0n) is 10.0. The van der Waals surface area contributed by atoms with Crippen molar-refractivity contribution in [2.75, 3.05) is 25.1 Å². The monoisotopic (exact) mass is 287 g/mol. The Morgan fingerprint density at radius 1 is 1.56 bits per heavy atom. The normalized spacial score (nSPS) is 20.8. The largest absolute Gasteiger partial charge is 0.380 e. The number of ether oxygens (including phenoxy) is 1. The molecule has 2 heterocycles. The highest BCUT2D eigenvalue weighted by Crippen LogP contribution is 2.28. The predicted octanol–water partition coefficient (Wildman–Crippen LogP) is 1.85. The fourth-order valence-corrected chi connectivity index (χ4v) is 3.01. The summed E-state index contributed by atoms with van der Waals surface area (Å²) >= 11 is 3.54. The van der Waals surface area contributed by atoms with Gasteiger partial charge in [0.2, 0.25) is 0 Å². The molecule has 1 unspecified atom stereocenters. The van der Waals surface area contributed by atoms with Gasteiger partial charge in [0.15, 0.2) is 0 Å². The third-order valence-corrected chi connectivity index (χ3v) is 3.79. The molecule has 2 rings (SSSR count). The molecular formula is C11H18BrN3O. The van der Waals surface area contributed by atoms with Crippen LogP contribution in [-0.2, 0) is 17.1 Å². The van der Waals surface area contributed by atoms with Crippen LogP contribution in [0.2, 0.25) is 0 Å². The van der Waals surface area contributed by atoms with Crippen molar-refractivity contribution >= 4 is 21.7 Å². The molecule has 1 aromatic heterocycles. The molecule has 0 bridgehead atoms. The van der Waals surface area contributed by atoms with Gasteiger partial charge >= 0.3 is 0 Å². The number of halogens is 1. The highest BCUT2D eigenvalue weighted by atomic mass is 79.9. The van der Waals surface area contributed by atoms with Gasteiger partial charge in [0.1, 0.15) is 5.82 Å². The summed E-state index contributed by atoms with van der Waals surface area (Å²) in [5.41, 5.74) is 2.40. The van der Waals surface area contributed by atoms with E-state index in [2.05, 4.69) is 32.9 Å². The van der Waals surface area contributed by atoms with Crippen LogP contribution in [0.1, 0.15) is 17.7 Å². The van der Waals surface area contributed by atoms with Gasteiger partial charge in [0.25, 0.3) is 0 Å². The van der Waals surface area contributed by atoms with Crippen molar-refractivity contribution in [3.63, 3.8) is 0 Å². The van der Waals surface area contributed by atoms with Gasteiger partial charge in [-0.1, -0.05) is 15.9 Å². The van der Waals surface area contributed by atoms with Crippen molar-refractivity contribution < 1.29 is 4.74 Å². The summed E-state index contributed by atoms with van der Waals surface area (Å²) in [5.74, 6) is 1.23. The minimum absolute atomic E-state index is 0.360. The van der Waals surface area contributed by atoms with Crippen molar-refractivity contribution in [3.8, 4) is 0 Å². The molecule has 0 aliphatic carbocycles. The molecule has 5 heteroatoms. The standard InChI is InChI=1S/C11H18BrN3O/c1-8-10(6-12)11(14(2)13-8)15-5-4-9(7-15)16-3/h9H,4-7H2,1-3H3. The number of hydrogen-bond donors (Lipinski definition) is 0. The number of aromatic nitrogens is 2. The molecule has 90 valence electrons.